The van der Waals surface area contributed by atoms with Crippen LogP contribution in [0.15, 0.2) is 24.3 Å². The summed E-state index contributed by atoms with van der Waals surface area (Å²) in [4.78, 5) is 11.7. The van der Waals surface area contributed by atoms with Crippen LogP contribution in [-0.4, -0.2) is 18.9 Å². The Labute approximate surface area is 102 Å². The molecule has 0 aromatic heterocycles. The van der Waals surface area contributed by atoms with Gasteiger partial charge in [0.25, 0.3) is 0 Å². The maximum Gasteiger partial charge on any atom is 0.164 e. The molecule has 0 radical (unpaired) electrons. The van der Waals surface area contributed by atoms with Crippen LogP contribution >= 0.6 is 11.6 Å². The number of unbranched alkanes of at least 4 members (excludes halogenated alkanes) is 1. The molecule has 1 aromatic rings. The van der Waals surface area contributed by atoms with Crippen LogP contribution in [0.4, 0.5) is 0 Å². The van der Waals surface area contributed by atoms with Crippen molar-refractivity contribution < 1.29 is 4.79 Å². The smallest absolute Gasteiger partial charge is 0.164 e. The molecule has 0 aliphatic heterocycles. The molecule has 0 aliphatic carbocycles. The highest BCUT2D eigenvalue weighted by Crippen LogP contribution is 2.10. The summed E-state index contributed by atoms with van der Waals surface area (Å²) >= 11 is 5.75. The van der Waals surface area contributed by atoms with Gasteiger partial charge in [0.1, 0.15) is 0 Å². The van der Waals surface area contributed by atoms with E-state index < -0.39 is 0 Å². The van der Waals surface area contributed by atoms with E-state index in [1.807, 2.05) is 0 Å². The van der Waals surface area contributed by atoms with Crippen molar-refractivity contribution >= 4 is 17.4 Å². The summed E-state index contributed by atoms with van der Waals surface area (Å²) in [5.41, 5.74) is 0.738. The topological polar surface area (TPSA) is 29.1 Å². The molecule has 0 spiro atoms. The first-order valence-corrected chi connectivity index (χ1v) is 6.11. The SMILES string of the molecule is CCCCNCCC(=O)c1ccc(Cl)cc1. The third kappa shape index (κ3) is 4.77. The monoisotopic (exact) mass is 239 g/mol. The van der Waals surface area contributed by atoms with Crippen LogP contribution in [0.2, 0.25) is 5.02 Å². The highest BCUT2D eigenvalue weighted by atomic mass is 35.5. The molecule has 88 valence electrons. The van der Waals surface area contributed by atoms with Crippen molar-refractivity contribution in [2.45, 2.75) is 26.2 Å². The Hall–Kier alpha value is -0.860. The maximum absolute atomic E-state index is 11.7. The summed E-state index contributed by atoms with van der Waals surface area (Å²) < 4.78 is 0. The fraction of sp³-hybridized carbons (Fsp3) is 0.462. The molecule has 0 heterocycles. The third-order valence-corrected chi connectivity index (χ3v) is 2.65. The summed E-state index contributed by atoms with van der Waals surface area (Å²) in [7, 11) is 0. The van der Waals surface area contributed by atoms with Gasteiger partial charge in [-0.05, 0) is 37.2 Å². The lowest BCUT2D eigenvalue weighted by atomic mass is 10.1. The van der Waals surface area contributed by atoms with Crippen LogP contribution in [0, 0.1) is 0 Å². The van der Waals surface area contributed by atoms with Gasteiger partial charge in [-0.15, -0.1) is 0 Å². The Balaban J connectivity index is 2.27. The number of carbonyl (C=O) groups is 1. The molecule has 0 atom stereocenters. The number of nitrogens with one attached hydrogen (secondary N) is 1. The number of hydrogen-bond donors (Lipinski definition) is 1. The summed E-state index contributed by atoms with van der Waals surface area (Å²) in [5, 5.41) is 3.92. The molecule has 2 nitrogen and oxygen atoms in total. The zero-order chi connectivity index (χ0) is 11.8. The van der Waals surface area contributed by atoms with Crippen LogP contribution in [0.3, 0.4) is 0 Å². The molecular formula is C13H18ClNO. The summed E-state index contributed by atoms with van der Waals surface area (Å²) in [6.45, 7) is 3.90. The van der Waals surface area contributed by atoms with Gasteiger partial charge in [-0.3, -0.25) is 4.79 Å². The fourth-order valence-corrected chi connectivity index (χ4v) is 1.53. The van der Waals surface area contributed by atoms with Crippen LogP contribution in [-0.2, 0) is 0 Å². The highest BCUT2D eigenvalue weighted by Gasteiger charge is 2.04. The Morgan fingerprint density at radius 3 is 2.56 bits per heavy atom. The lowest BCUT2D eigenvalue weighted by Crippen LogP contribution is -2.19. The number of halogens is 1. The first-order valence-electron chi connectivity index (χ1n) is 5.73. The third-order valence-electron chi connectivity index (χ3n) is 2.40. The van der Waals surface area contributed by atoms with Gasteiger partial charge in [-0.1, -0.05) is 24.9 Å². The number of hydrogen-bond acceptors (Lipinski definition) is 2. The van der Waals surface area contributed by atoms with E-state index in [4.69, 9.17) is 11.6 Å². The zero-order valence-electron chi connectivity index (χ0n) is 9.63. The first kappa shape index (κ1) is 13.2. The molecule has 0 bridgehead atoms. The largest absolute Gasteiger partial charge is 0.316 e. The standard InChI is InChI=1S/C13H18ClNO/c1-2-3-9-15-10-8-13(16)11-4-6-12(14)7-5-11/h4-7,15H,2-3,8-10H2,1H3. The minimum absolute atomic E-state index is 0.167. The van der Waals surface area contributed by atoms with E-state index in [0.717, 1.165) is 25.1 Å². The van der Waals surface area contributed by atoms with Gasteiger partial charge in [0, 0.05) is 23.6 Å². The number of Topliss-reactive ketones (excluding diaryl/α,β-unsaturated/α-hetero) is 1. The van der Waals surface area contributed by atoms with Crippen LogP contribution < -0.4 is 5.32 Å². The van der Waals surface area contributed by atoms with Gasteiger partial charge in [0.05, 0.1) is 0 Å². The van der Waals surface area contributed by atoms with Crippen molar-refractivity contribution in [3.8, 4) is 0 Å². The van der Waals surface area contributed by atoms with E-state index in [1.165, 1.54) is 6.42 Å². The lowest BCUT2D eigenvalue weighted by Gasteiger charge is -2.03. The number of ketones is 1. The predicted octanol–water partition coefficient (Wildman–Crippen LogP) is 3.30. The molecule has 16 heavy (non-hydrogen) atoms. The number of carbonyl (C=O) groups excluding carboxylic acids is 1. The van der Waals surface area contributed by atoms with Crippen LogP contribution in [0.5, 0.6) is 0 Å². The molecule has 0 saturated carbocycles. The predicted molar refractivity (Wildman–Crippen MR) is 68.2 cm³/mol. The molecule has 1 rings (SSSR count). The molecule has 0 aliphatic rings. The molecule has 1 N–H and O–H groups in total. The molecule has 0 unspecified atom stereocenters. The van der Waals surface area contributed by atoms with Gasteiger partial charge in [0.15, 0.2) is 5.78 Å². The number of rotatable bonds is 7. The molecule has 1 aromatic carbocycles. The van der Waals surface area contributed by atoms with Crippen molar-refractivity contribution in [3.05, 3.63) is 34.9 Å². The van der Waals surface area contributed by atoms with Crippen molar-refractivity contribution in [1.82, 2.24) is 5.32 Å². The average molecular weight is 240 g/mol. The minimum atomic E-state index is 0.167. The van der Waals surface area contributed by atoms with E-state index in [9.17, 15) is 4.79 Å². The average Bonchev–Trinajstić information content (AvgIpc) is 2.29. The van der Waals surface area contributed by atoms with E-state index in [-0.39, 0.29) is 5.78 Å². The second-order valence-corrected chi connectivity index (χ2v) is 4.22. The Morgan fingerprint density at radius 1 is 1.25 bits per heavy atom. The van der Waals surface area contributed by atoms with Gasteiger partial charge < -0.3 is 5.32 Å². The minimum Gasteiger partial charge on any atom is -0.316 e. The lowest BCUT2D eigenvalue weighted by molar-refractivity contribution is 0.0982. The van der Waals surface area contributed by atoms with Gasteiger partial charge >= 0.3 is 0 Å². The van der Waals surface area contributed by atoms with E-state index in [0.29, 0.717) is 11.4 Å². The van der Waals surface area contributed by atoms with E-state index in [1.54, 1.807) is 24.3 Å². The quantitative estimate of drug-likeness (QED) is 0.584. The summed E-state index contributed by atoms with van der Waals surface area (Å²) in [6, 6.07) is 7.05. The molecular weight excluding hydrogens is 222 g/mol. The van der Waals surface area contributed by atoms with Crippen molar-refractivity contribution in [3.63, 3.8) is 0 Å². The Bertz CT molecular complexity index is 321. The van der Waals surface area contributed by atoms with E-state index >= 15 is 0 Å². The second kappa shape index (κ2) is 7.42. The summed E-state index contributed by atoms with van der Waals surface area (Å²) in [6.07, 6.45) is 2.89. The van der Waals surface area contributed by atoms with E-state index in [2.05, 4.69) is 12.2 Å². The molecule has 0 amide bonds. The Kier molecular flexibility index (Phi) is 6.12. The Morgan fingerprint density at radius 2 is 1.94 bits per heavy atom. The second-order valence-electron chi connectivity index (χ2n) is 3.78. The van der Waals surface area contributed by atoms with Crippen molar-refractivity contribution in [1.29, 1.82) is 0 Å². The normalized spacial score (nSPS) is 10.4. The zero-order valence-corrected chi connectivity index (χ0v) is 10.4. The number of benzene rings is 1. The fourth-order valence-electron chi connectivity index (χ4n) is 1.41. The summed E-state index contributed by atoms with van der Waals surface area (Å²) in [5.74, 6) is 0.167. The van der Waals surface area contributed by atoms with Crippen molar-refractivity contribution in [2.75, 3.05) is 13.1 Å². The maximum atomic E-state index is 11.7. The molecule has 0 saturated heterocycles. The first-order chi connectivity index (χ1) is 7.74. The van der Waals surface area contributed by atoms with Gasteiger partial charge in [0.2, 0.25) is 0 Å². The highest BCUT2D eigenvalue weighted by molar-refractivity contribution is 6.30. The van der Waals surface area contributed by atoms with Gasteiger partial charge in [-0.2, -0.15) is 0 Å². The van der Waals surface area contributed by atoms with Crippen LogP contribution in [0.1, 0.15) is 36.5 Å². The molecule has 0 fully saturated rings. The van der Waals surface area contributed by atoms with Gasteiger partial charge in [-0.25, -0.2) is 0 Å². The molecule has 3 heteroatoms. The van der Waals surface area contributed by atoms with Crippen molar-refractivity contribution in [2.24, 2.45) is 0 Å². The van der Waals surface area contributed by atoms with Crippen LogP contribution in [0.25, 0.3) is 0 Å².